The fourth-order valence-electron chi connectivity index (χ4n) is 1.24. The number of imide groups is 1. The molecule has 0 bridgehead atoms. The Bertz CT molecular complexity index is 488. The molecule has 0 saturated carbocycles. The zero-order chi connectivity index (χ0) is 14.6. The van der Waals surface area contributed by atoms with Crippen molar-refractivity contribution < 1.29 is 22.8 Å². The molecular weight excluding hydrogens is 263 g/mol. The number of benzene rings is 1. The van der Waals surface area contributed by atoms with Crippen LogP contribution in [0, 0.1) is 0 Å². The van der Waals surface area contributed by atoms with Crippen LogP contribution in [0.2, 0.25) is 0 Å². The van der Waals surface area contributed by atoms with Crippen molar-refractivity contribution in [2.24, 2.45) is 0 Å². The van der Waals surface area contributed by atoms with Gasteiger partial charge < -0.3 is 10.6 Å². The first-order chi connectivity index (χ1) is 8.75. The standard InChI is InChI=1S/C11H12F3N3O2/c1-15-9(18)17(2)10(19)16-8-5-3-4-7(6-8)11(12,13)14/h3-6H,1-2H3,(H,15,18)(H,16,19). The Morgan fingerprint density at radius 1 is 1.21 bits per heavy atom. The number of hydrogen-bond donors (Lipinski definition) is 2. The van der Waals surface area contributed by atoms with E-state index >= 15 is 0 Å². The quantitative estimate of drug-likeness (QED) is 0.827. The molecule has 0 aliphatic rings. The van der Waals surface area contributed by atoms with Crippen LogP contribution in [0.3, 0.4) is 0 Å². The highest BCUT2D eigenvalue weighted by atomic mass is 19.4. The summed E-state index contributed by atoms with van der Waals surface area (Å²) in [4.78, 5) is 23.4. The Morgan fingerprint density at radius 3 is 2.37 bits per heavy atom. The van der Waals surface area contributed by atoms with Crippen LogP contribution in [-0.2, 0) is 6.18 Å². The number of nitrogens with one attached hydrogen (secondary N) is 2. The zero-order valence-corrected chi connectivity index (χ0v) is 10.2. The second-order valence-corrected chi connectivity index (χ2v) is 3.62. The summed E-state index contributed by atoms with van der Waals surface area (Å²) in [7, 11) is 2.53. The molecule has 8 heteroatoms. The number of hydrogen-bond acceptors (Lipinski definition) is 2. The molecule has 0 saturated heterocycles. The average Bonchev–Trinajstić information content (AvgIpc) is 2.36. The van der Waals surface area contributed by atoms with Gasteiger partial charge in [-0.25, -0.2) is 14.5 Å². The molecule has 19 heavy (non-hydrogen) atoms. The third-order valence-corrected chi connectivity index (χ3v) is 2.26. The molecule has 2 N–H and O–H groups in total. The molecule has 0 aliphatic carbocycles. The lowest BCUT2D eigenvalue weighted by atomic mass is 10.2. The Kier molecular flexibility index (Phi) is 4.36. The van der Waals surface area contributed by atoms with Crippen molar-refractivity contribution in [2.75, 3.05) is 19.4 Å². The minimum atomic E-state index is -4.49. The topological polar surface area (TPSA) is 61.4 Å². The van der Waals surface area contributed by atoms with E-state index in [2.05, 4.69) is 10.6 Å². The van der Waals surface area contributed by atoms with Crippen LogP contribution < -0.4 is 10.6 Å². The Labute approximate surface area is 107 Å². The van der Waals surface area contributed by atoms with Gasteiger partial charge in [-0.1, -0.05) is 6.07 Å². The van der Waals surface area contributed by atoms with Crippen molar-refractivity contribution >= 4 is 17.7 Å². The van der Waals surface area contributed by atoms with Gasteiger partial charge in [0.1, 0.15) is 0 Å². The number of amides is 4. The van der Waals surface area contributed by atoms with Gasteiger partial charge in [-0.2, -0.15) is 13.2 Å². The summed E-state index contributed by atoms with van der Waals surface area (Å²) in [6, 6.07) is 2.62. The Morgan fingerprint density at radius 2 is 1.84 bits per heavy atom. The van der Waals surface area contributed by atoms with Gasteiger partial charge in [-0.05, 0) is 18.2 Å². The van der Waals surface area contributed by atoms with Gasteiger partial charge in [0.15, 0.2) is 0 Å². The summed E-state index contributed by atoms with van der Waals surface area (Å²) in [5.74, 6) is 0. The minimum Gasteiger partial charge on any atom is -0.341 e. The minimum absolute atomic E-state index is 0.0458. The van der Waals surface area contributed by atoms with Crippen LogP contribution in [0.15, 0.2) is 24.3 Å². The molecule has 0 aromatic heterocycles. The van der Waals surface area contributed by atoms with Crippen molar-refractivity contribution in [1.29, 1.82) is 0 Å². The van der Waals surface area contributed by atoms with Crippen LogP contribution >= 0.6 is 0 Å². The molecule has 0 aliphatic heterocycles. The number of halogens is 3. The maximum atomic E-state index is 12.5. The molecule has 0 spiro atoms. The van der Waals surface area contributed by atoms with Gasteiger partial charge in [0.25, 0.3) is 0 Å². The summed E-state index contributed by atoms with van der Waals surface area (Å²) in [6.07, 6.45) is -4.49. The lowest BCUT2D eigenvalue weighted by molar-refractivity contribution is -0.137. The molecule has 0 heterocycles. The first-order valence-corrected chi connectivity index (χ1v) is 5.19. The van der Waals surface area contributed by atoms with E-state index in [1.54, 1.807) is 0 Å². The van der Waals surface area contributed by atoms with Gasteiger partial charge in [-0.3, -0.25) is 0 Å². The first-order valence-electron chi connectivity index (χ1n) is 5.19. The Hall–Kier alpha value is -2.25. The van der Waals surface area contributed by atoms with E-state index < -0.39 is 23.8 Å². The summed E-state index contributed by atoms with van der Waals surface area (Å²) in [5, 5.41) is 4.41. The highest BCUT2D eigenvalue weighted by molar-refractivity contribution is 6.00. The second-order valence-electron chi connectivity index (χ2n) is 3.62. The molecule has 1 rings (SSSR count). The summed E-state index contributed by atoms with van der Waals surface area (Å²) in [5.41, 5.74) is -0.927. The largest absolute Gasteiger partial charge is 0.416 e. The molecular formula is C11H12F3N3O2. The summed E-state index contributed by atoms with van der Waals surface area (Å²) >= 11 is 0. The van der Waals surface area contributed by atoms with Gasteiger partial charge >= 0.3 is 18.2 Å². The number of nitrogens with zero attached hydrogens (tertiary/aromatic N) is 1. The predicted octanol–water partition coefficient (Wildman–Crippen LogP) is 2.51. The number of rotatable bonds is 1. The molecule has 1 aromatic rings. The van der Waals surface area contributed by atoms with Crippen LogP contribution in [-0.4, -0.2) is 31.1 Å². The van der Waals surface area contributed by atoms with E-state index in [1.807, 2.05) is 0 Å². The van der Waals surface area contributed by atoms with Crippen molar-refractivity contribution in [1.82, 2.24) is 10.2 Å². The predicted molar refractivity (Wildman–Crippen MR) is 62.7 cm³/mol. The SMILES string of the molecule is CNC(=O)N(C)C(=O)Nc1cccc(C(F)(F)F)c1. The molecule has 0 atom stereocenters. The average molecular weight is 275 g/mol. The lowest BCUT2D eigenvalue weighted by Crippen LogP contribution is -2.41. The van der Waals surface area contributed by atoms with E-state index in [-0.39, 0.29) is 5.69 Å². The highest BCUT2D eigenvalue weighted by Gasteiger charge is 2.30. The monoisotopic (exact) mass is 275 g/mol. The molecule has 0 unspecified atom stereocenters. The summed E-state index contributed by atoms with van der Waals surface area (Å²) < 4.78 is 37.4. The molecule has 1 aromatic carbocycles. The number of carbonyl (C=O) groups excluding carboxylic acids is 2. The van der Waals surface area contributed by atoms with Gasteiger partial charge in [0, 0.05) is 19.8 Å². The summed E-state index contributed by atoms with van der Waals surface area (Å²) in [6.45, 7) is 0. The van der Waals surface area contributed by atoms with Crippen LogP contribution in [0.5, 0.6) is 0 Å². The van der Waals surface area contributed by atoms with Crippen LogP contribution in [0.1, 0.15) is 5.56 Å². The van der Waals surface area contributed by atoms with E-state index in [9.17, 15) is 22.8 Å². The fourth-order valence-corrected chi connectivity index (χ4v) is 1.24. The van der Waals surface area contributed by atoms with E-state index in [0.717, 1.165) is 12.1 Å². The number of anilines is 1. The van der Waals surface area contributed by atoms with Crippen molar-refractivity contribution in [2.45, 2.75) is 6.18 Å². The number of urea groups is 2. The van der Waals surface area contributed by atoms with E-state index in [1.165, 1.54) is 26.2 Å². The fraction of sp³-hybridized carbons (Fsp3) is 0.273. The molecule has 5 nitrogen and oxygen atoms in total. The third kappa shape index (κ3) is 3.87. The van der Waals surface area contributed by atoms with Gasteiger partial charge in [0.2, 0.25) is 0 Å². The zero-order valence-electron chi connectivity index (χ0n) is 10.2. The van der Waals surface area contributed by atoms with Gasteiger partial charge in [0.05, 0.1) is 5.56 Å². The van der Waals surface area contributed by atoms with Crippen molar-refractivity contribution in [3.05, 3.63) is 29.8 Å². The normalized spacial score (nSPS) is 10.8. The molecule has 0 fully saturated rings. The molecule has 0 radical (unpaired) electrons. The lowest BCUT2D eigenvalue weighted by Gasteiger charge is -2.16. The maximum Gasteiger partial charge on any atom is 0.416 e. The van der Waals surface area contributed by atoms with E-state index in [0.29, 0.717) is 4.90 Å². The number of carbonyl (C=O) groups is 2. The first kappa shape index (κ1) is 14.8. The van der Waals surface area contributed by atoms with Crippen molar-refractivity contribution in [3.63, 3.8) is 0 Å². The van der Waals surface area contributed by atoms with E-state index in [4.69, 9.17) is 0 Å². The molecule has 104 valence electrons. The van der Waals surface area contributed by atoms with Crippen LogP contribution in [0.25, 0.3) is 0 Å². The number of alkyl halides is 3. The van der Waals surface area contributed by atoms with Gasteiger partial charge in [-0.15, -0.1) is 0 Å². The molecule has 4 amide bonds. The maximum absolute atomic E-state index is 12.5. The van der Waals surface area contributed by atoms with Crippen LogP contribution in [0.4, 0.5) is 28.4 Å². The van der Waals surface area contributed by atoms with Crippen molar-refractivity contribution in [3.8, 4) is 0 Å². The smallest absolute Gasteiger partial charge is 0.341 e. The Balaban J connectivity index is 2.83. The second kappa shape index (κ2) is 5.59. The highest BCUT2D eigenvalue weighted by Crippen LogP contribution is 2.30. The third-order valence-electron chi connectivity index (χ3n) is 2.26.